The van der Waals surface area contributed by atoms with Gasteiger partial charge in [-0.05, 0) is 42.0 Å². The van der Waals surface area contributed by atoms with Gasteiger partial charge in [0.15, 0.2) is 5.78 Å². The summed E-state index contributed by atoms with van der Waals surface area (Å²) < 4.78 is 2.45. The second-order valence-electron chi connectivity index (χ2n) is 11.0. The van der Waals surface area contributed by atoms with Crippen LogP contribution >= 0.6 is 11.3 Å². The minimum Gasteiger partial charge on any atom is -0.378 e. The number of anilines is 1. The lowest BCUT2D eigenvalue weighted by Crippen LogP contribution is -2.46. The van der Waals surface area contributed by atoms with Crippen LogP contribution in [0.5, 0.6) is 0 Å². The summed E-state index contributed by atoms with van der Waals surface area (Å²) in [4.78, 5) is 41.2. The van der Waals surface area contributed by atoms with Crippen LogP contribution in [-0.2, 0) is 16.1 Å². The van der Waals surface area contributed by atoms with Crippen LogP contribution < -0.4 is 25.0 Å². The predicted octanol–water partition coefficient (Wildman–Crippen LogP) is 3.14. The molecule has 1 heterocycles. The summed E-state index contributed by atoms with van der Waals surface area (Å²) in [6.07, 6.45) is 6.57. The van der Waals surface area contributed by atoms with E-state index in [1.807, 2.05) is 70.1 Å². The highest BCUT2D eigenvalue weighted by molar-refractivity contribution is 7.07. The first-order valence-electron chi connectivity index (χ1n) is 12.4. The lowest BCUT2D eigenvalue weighted by Gasteiger charge is -2.34. The summed E-state index contributed by atoms with van der Waals surface area (Å²) >= 11 is 1.25. The lowest BCUT2D eigenvalue weighted by molar-refractivity contribution is -0.123. The highest BCUT2D eigenvalue weighted by Gasteiger charge is 2.28. The smallest absolute Gasteiger partial charge is 0.269 e. The molecule has 1 fully saturated rings. The molecule has 0 aliphatic heterocycles. The summed E-state index contributed by atoms with van der Waals surface area (Å²) in [5, 5.41) is 3.15. The van der Waals surface area contributed by atoms with Gasteiger partial charge in [-0.2, -0.15) is 0 Å². The van der Waals surface area contributed by atoms with Gasteiger partial charge in [-0.3, -0.25) is 19.0 Å². The van der Waals surface area contributed by atoms with Crippen molar-refractivity contribution >= 4 is 40.9 Å². The summed E-state index contributed by atoms with van der Waals surface area (Å²) in [5.74, 6) is 0.695. The normalized spacial score (nSPS) is 21.7. The molecule has 1 saturated carbocycles. The molecule has 190 valence electrons. The number of ketones is 1. The van der Waals surface area contributed by atoms with Gasteiger partial charge in [-0.15, -0.1) is 11.3 Å². The Morgan fingerprint density at radius 3 is 2.40 bits per heavy atom. The van der Waals surface area contributed by atoms with Crippen LogP contribution in [-0.4, -0.2) is 36.4 Å². The zero-order valence-corrected chi connectivity index (χ0v) is 22.9. The molecule has 1 N–H and O–H groups in total. The van der Waals surface area contributed by atoms with E-state index in [4.69, 9.17) is 0 Å². The third kappa shape index (κ3) is 6.72. The molecule has 3 atom stereocenters. The van der Waals surface area contributed by atoms with Crippen molar-refractivity contribution in [3.8, 4) is 0 Å². The number of thiazole rings is 1. The molecule has 1 aromatic heterocycles. The Morgan fingerprint density at radius 2 is 1.80 bits per heavy atom. The van der Waals surface area contributed by atoms with Crippen molar-refractivity contribution in [1.29, 1.82) is 0 Å². The van der Waals surface area contributed by atoms with Gasteiger partial charge in [0.1, 0.15) is 11.2 Å². The first kappa shape index (κ1) is 26.9. The number of nitrogens with one attached hydrogen (secondary N) is 1. The maximum absolute atomic E-state index is 13.4. The SMILES string of the molecule is C[C@@H]1[C@H](C)CCC[C@H]1NC(=O)Cn1c(=O)/c(=C/c2ccc(N(C)C)cc2)s/c1=C/C(=O)C(C)(C)C. The zero-order chi connectivity index (χ0) is 25.9. The maximum Gasteiger partial charge on any atom is 0.269 e. The van der Waals surface area contributed by atoms with Gasteiger partial charge in [-0.1, -0.05) is 59.6 Å². The van der Waals surface area contributed by atoms with Gasteiger partial charge in [0.05, 0.1) is 4.53 Å². The highest BCUT2D eigenvalue weighted by Crippen LogP contribution is 2.29. The van der Waals surface area contributed by atoms with E-state index in [0.717, 1.165) is 24.1 Å². The number of nitrogens with zero attached hydrogens (tertiary/aromatic N) is 2. The molecule has 35 heavy (non-hydrogen) atoms. The van der Waals surface area contributed by atoms with Crippen LogP contribution in [0.15, 0.2) is 29.1 Å². The molecule has 1 aliphatic carbocycles. The van der Waals surface area contributed by atoms with Crippen molar-refractivity contribution in [2.75, 3.05) is 19.0 Å². The number of aromatic nitrogens is 1. The summed E-state index contributed by atoms with van der Waals surface area (Å²) in [7, 11) is 3.95. The van der Waals surface area contributed by atoms with Crippen molar-refractivity contribution < 1.29 is 9.59 Å². The van der Waals surface area contributed by atoms with Crippen LogP contribution in [0.4, 0.5) is 5.69 Å². The number of benzene rings is 1. The highest BCUT2D eigenvalue weighted by atomic mass is 32.1. The van der Waals surface area contributed by atoms with Gasteiger partial charge in [0, 0.05) is 37.3 Å². The molecule has 7 heteroatoms. The Kier molecular flexibility index (Phi) is 8.42. The lowest BCUT2D eigenvalue weighted by atomic mass is 9.78. The van der Waals surface area contributed by atoms with Gasteiger partial charge >= 0.3 is 0 Å². The molecule has 6 nitrogen and oxygen atoms in total. The molecular weight excluding hydrogens is 458 g/mol. The quantitative estimate of drug-likeness (QED) is 0.666. The fourth-order valence-corrected chi connectivity index (χ4v) is 5.36. The van der Waals surface area contributed by atoms with E-state index in [-0.39, 0.29) is 29.8 Å². The van der Waals surface area contributed by atoms with Crippen molar-refractivity contribution in [3.05, 3.63) is 49.4 Å². The fourth-order valence-electron chi connectivity index (χ4n) is 4.32. The topological polar surface area (TPSA) is 71.4 Å². The average Bonchev–Trinajstić information content (AvgIpc) is 3.05. The molecule has 0 spiro atoms. The Balaban J connectivity index is 1.98. The number of carbonyl (C=O) groups excluding carboxylic acids is 2. The summed E-state index contributed by atoms with van der Waals surface area (Å²) in [5.41, 5.74) is 1.13. The van der Waals surface area contributed by atoms with Gasteiger partial charge < -0.3 is 10.2 Å². The van der Waals surface area contributed by atoms with Crippen molar-refractivity contribution in [2.24, 2.45) is 17.3 Å². The van der Waals surface area contributed by atoms with Gasteiger partial charge in [0.25, 0.3) is 5.56 Å². The molecule has 0 radical (unpaired) electrons. The molecule has 2 aromatic rings. The molecule has 1 amide bonds. The van der Waals surface area contributed by atoms with Gasteiger partial charge in [0.2, 0.25) is 5.91 Å². The van der Waals surface area contributed by atoms with Gasteiger partial charge in [-0.25, -0.2) is 0 Å². The van der Waals surface area contributed by atoms with E-state index in [1.54, 1.807) is 0 Å². The number of carbonyl (C=O) groups is 2. The number of amides is 1. The van der Waals surface area contributed by atoms with E-state index in [0.29, 0.717) is 21.0 Å². The first-order valence-corrected chi connectivity index (χ1v) is 13.2. The van der Waals surface area contributed by atoms with Crippen LogP contribution in [0.1, 0.15) is 59.4 Å². The van der Waals surface area contributed by atoms with Crippen LogP contribution in [0, 0.1) is 17.3 Å². The van der Waals surface area contributed by atoms with Crippen LogP contribution in [0.25, 0.3) is 12.2 Å². The molecule has 1 aliphatic rings. The minimum atomic E-state index is -0.577. The van der Waals surface area contributed by atoms with Crippen molar-refractivity contribution in [3.63, 3.8) is 0 Å². The van der Waals surface area contributed by atoms with Crippen LogP contribution in [0.2, 0.25) is 0 Å². The van der Waals surface area contributed by atoms with E-state index in [1.165, 1.54) is 28.4 Å². The third-order valence-electron chi connectivity index (χ3n) is 6.99. The monoisotopic (exact) mass is 497 g/mol. The zero-order valence-electron chi connectivity index (χ0n) is 22.1. The molecule has 0 unspecified atom stereocenters. The number of Topliss-reactive ketones (excluding diaryl/α,β-unsaturated/α-hetero) is 1. The second-order valence-corrected chi connectivity index (χ2v) is 12.1. The predicted molar refractivity (Wildman–Crippen MR) is 145 cm³/mol. The standard InChI is InChI=1S/C28H39N3O3S/c1-18-9-8-10-22(19(18)2)29-25(33)17-31-26(16-24(32)28(3,4)5)35-23(27(31)34)15-20-11-13-21(14-12-20)30(6)7/h11-16,18-19,22H,8-10,17H2,1-7H3,(H,29,33)/b23-15-,26-16+/t18-,19-,22-/m1/s1. The Labute approximate surface area is 212 Å². The van der Waals surface area contributed by atoms with E-state index >= 15 is 0 Å². The molecular formula is C28H39N3O3S. The Morgan fingerprint density at radius 1 is 1.14 bits per heavy atom. The fraction of sp³-hybridized carbons (Fsp3) is 0.536. The minimum absolute atomic E-state index is 0.0791. The summed E-state index contributed by atoms with van der Waals surface area (Å²) in [6, 6.07) is 8.02. The van der Waals surface area contributed by atoms with E-state index in [9.17, 15) is 14.4 Å². The second kappa shape index (κ2) is 10.9. The maximum atomic E-state index is 13.4. The van der Waals surface area contributed by atoms with Crippen LogP contribution in [0.3, 0.4) is 0 Å². The average molecular weight is 498 g/mol. The number of hydrogen-bond donors (Lipinski definition) is 1. The summed E-state index contributed by atoms with van der Waals surface area (Å²) in [6.45, 7) is 9.86. The van der Waals surface area contributed by atoms with Crippen molar-refractivity contribution in [1.82, 2.24) is 9.88 Å². The van der Waals surface area contributed by atoms with E-state index < -0.39 is 5.41 Å². The first-order chi connectivity index (χ1) is 16.4. The van der Waals surface area contributed by atoms with E-state index in [2.05, 4.69) is 19.2 Å². The molecule has 0 saturated heterocycles. The molecule has 0 bridgehead atoms. The van der Waals surface area contributed by atoms with Crippen molar-refractivity contribution in [2.45, 2.75) is 66.5 Å². The Bertz CT molecular complexity index is 1230. The largest absolute Gasteiger partial charge is 0.378 e. The number of rotatable bonds is 6. The molecule has 3 rings (SSSR count). The third-order valence-corrected chi connectivity index (χ3v) is 8.05. The molecule has 1 aromatic carbocycles. The Hall–Kier alpha value is -2.67. The number of hydrogen-bond acceptors (Lipinski definition) is 5.